The number of carbonyl (C=O) groups is 1. The van der Waals surface area contributed by atoms with Gasteiger partial charge < -0.3 is 18.8 Å². The average Bonchev–Trinajstić information content (AvgIpc) is 3.10. The van der Waals surface area contributed by atoms with Gasteiger partial charge in [0.2, 0.25) is 5.89 Å². The number of piperidine rings is 1. The quantitative estimate of drug-likeness (QED) is 0.762. The SMILES string of the molecule is COC[C@@H]1CCCCN1C(=O)c1coc(COc2ccc(F)cc2Cl)n1. The van der Waals surface area contributed by atoms with Crippen molar-refractivity contribution in [2.45, 2.75) is 31.9 Å². The highest BCUT2D eigenvalue weighted by Gasteiger charge is 2.29. The van der Waals surface area contributed by atoms with Crippen LogP contribution in [0, 0.1) is 5.82 Å². The first-order chi connectivity index (χ1) is 12.6. The largest absolute Gasteiger partial charge is 0.482 e. The Bertz CT molecular complexity index is 765. The van der Waals surface area contributed by atoms with E-state index in [0.717, 1.165) is 25.3 Å². The molecule has 0 bridgehead atoms. The molecular formula is C18H20ClFN2O4. The first-order valence-corrected chi connectivity index (χ1v) is 8.78. The number of likely N-dealkylation sites (tertiary alicyclic amines) is 1. The number of ether oxygens (including phenoxy) is 2. The van der Waals surface area contributed by atoms with E-state index in [0.29, 0.717) is 18.9 Å². The lowest BCUT2D eigenvalue weighted by Crippen LogP contribution is -2.46. The third-order valence-electron chi connectivity index (χ3n) is 4.26. The topological polar surface area (TPSA) is 64.8 Å². The molecule has 2 heterocycles. The molecule has 0 radical (unpaired) electrons. The molecule has 8 heteroatoms. The zero-order chi connectivity index (χ0) is 18.5. The van der Waals surface area contributed by atoms with Gasteiger partial charge in [0, 0.05) is 13.7 Å². The summed E-state index contributed by atoms with van der Waals surface area (Å²) >= 11 is 5.91. The molecular weight excluding hydrogens is 363 g/mol. The summed E-state index contributed by atoms with van der Waals surface area (Å²) in [5, 5.41) is 0.156. The Labute approximate surface area is 155 Å². The summed E-state index contributed by atoms with van der Waals surface area (Å²) in [6.45, 7) is 1.17. The summed E-state index contributed by atoms with van der Waals surface area (Å²) in [6.07, 6.45) is 4.28. The molecule has 3 rings (SSSR count). The smallest absolute Gasteiger partial charge is 0.276 e. The second-order valence-electron chi connectivity index (χ2n) is 6.09. The Balaban J connectivity index is 1.64. The van der Waals surface area contributed by atoms with Crippen LogP contribution in [0.3, 0.4) is 0 Å². The van der Waals surface area contributed by atoms with E-state index < -0.39 is 5.82 Å². The van der Waals surface area contributed by atoms with Crippen LogP contribution in [0.1, 0.15) is 35.6 Å². The third kappa shape index (κ3) is 4.34. The second-order valence-corrected chi connectivity index (χ2v) is 6.50. The van der Waals surface area contributed by atoms with Crippen molar-refractivity contribution in [2.24, 2.45) is 0 Å². The maximum absolute atomic E-state index is 13.0. The number of rotatable bonds is 6. The van der Waals surface area contributed by atoms with Crippen molar-refractivity contribution in [2.75, 3.05) is 20.3 Å². The highest BCUT2D eigenvalue weighted by molar-refractivity contribution is 6.32. The average molecular weight is 383 g/mol. The van der Waals surface area contributed by atoms with E-state index in [1.807, 2.05) is 0 Å². The van der Waals surface area contributed by atoms with Crippen LogP contribution in [0.25, 0.3) is 0 Å². The Morgan fingerprint density at radius 2 is 2.31 bits per heavy atom. The number of carbonyl (C=O) groups excluding carboxylic acids is 1. The number of hydrogen-bond donors (Lipinski definition) is 0. The first kappa shape index (κ1) is 18.7. The number of nitrogens with zero attached hydrogens (tertiary/aromatic N) is 2. The molecule has 0 aliphatic carbocycles. The van der Waals surface area contributed by atoms with Crippen molar-refractivity contribution in [1.29, 1.82) is 0 Å². The molecule has 1 aliphatic heterocycles. The minimum atomic E-state index is -0.446. The molecule has 0 saturated carbocycles. The van der Waals surface area contributed by atoms with Gasteiger partial charge in [-0.2, -0.15) is 0 Å². The number of oxazole rings is 1. The van der Waals surface area contributed by atoms with Crippen LogP contribution >= 0.6 is 11.6 Å². The lowest BCUT2D eigenvalue weighted by atomic mass is 10.0. The summed E-state index contributed by atoms with van der Waals surface area (Å²) in [5.74, 6) is -0.0653. The van der Waals surface area contributed by atoms with E-state index >= 15 is 0 Å². The predicted molar refractivity (Wildman–Crippen MR) is 92.8 cm³/mol. The minimum Gasteiger partial charge on any atom is -0.482 e. The zero-order valence-corrected chi connectivity index (χ0v) is 15.2. The van der Waals surface area contributed by atoms with E-state index in [2.05, 4.69) is 4.98 Å². The molecule has 140 valence electrons. The van der Waals surface area contributed by atoms with E-state index in [9.17, 15) is 9.18 Å². The molecule has 1 aromatic carbocycles. The molecule has 1 saturated heterocycles. The molecule has 1 aliphatic rings. The number of benzene rings is 1. The fourth-order valence-corrected chi connectivity index (χ4v) is 3.21. The fraction of sp³-hybridized carbons (Fsp3) is 0.444. The van der Waals surface area contributed by atoms with Crippen LogP contribution in [-0.2, 0) is 11.3 Å². The summed E-state index contributed by atoms with van der Waals surface area (Å²) in [5.41, 5.74) is 0.233. The lowest BCUT2D eigenvalue weighted by Gasteiger charge is -2.34. The lowest BCUT2D eigenvalue weighted by molar-refractivity contribution is 0.0423. The van der Waals surface area contributed by atoms with Crippen LogP contribution < -0.4 is 4.74 Å². The minimum absolute atomic E-state index is 0.0138. The van der Waals surface area contributed by atoms with Gasteiger partial charge in [-0.25, -0.2) is 9.37 Å². The van der Waals surface area contributed by atoms with Gasteiger partial charge in [0.15, 0.2) is 12.3 Å². The monoisotopic (exact) mass is 382 g/mol. The van der Waals surface area contributed by atoms with Gasteiger partial charge in [-0.05, 0) is 37.5 Å². The molecule has 1 amide bonds. The van der Waals surface area contributed by atoms with Gasteiger partial charge in [-0.3, -0.25) is 4.79 Å². The van der Waals surface area contributed by atoms with Crippen molar-refractivity contribution in [3.05, 3.63) is 46.9 Å². The molecule has 2 aromatic rings. The Morgan fingerprint density at radius 3 is 3.08 bits per heavy atom. The highest BCUT2D eigenvalue weighted by Crippen LogP contribution is 2.26. The number of amides is 1. The molecule has 0 unspecified atom stereocenters. The first-order valence-electron chi connectivity index (χ1n) is 8.40. The molecule has 1 atom stereocenters. The van der Waals surface area contributed by atoms with Gasteiger partial charge in [0.05, 0.1) is 17.7 Å². The number of halogens is 2. The predicted octanol–water partition coefficient (Wildman–Crippen LogP) is 3.69. The summed E-state index contributed by atoms with van der Waals surface area (Å²) in [4.78, 5) is 18.7. The van der Waals surface area contributed by atoms with Crippen molar-refractivity contribution in [3.8, 4) is 5.75 Å². The summed E-state index contributed by atoms with van der Waals surface area (Å²) in [7, 11) is 1.63. The number of hydrogen-bond acceptors (Lipinski definition) is 5. The van der Waals surface area contributed by atoms with Gasteiger partial charge in [0.1, 0.15) is 17.8 Å². The number of aromatic nitrogens is 1. The Morgan fingerprint density at radius 1 is 1.46 bits per heavy atom. The maximum atomic E-state index is 13.0. The van der Waals surface area contributed by atoms with Crippen LogP contribution in [0.15, 0.2) is 28.9 Å². The zero-order valence-electron chi connectivity index (χ0n) is 14.4. The molecule has 0 N–H and O–H groups in total. The molecule has 26 heavy (non-hydrogen) atoms. The fourth-order valence-electron chi connectivity index (χ4n) is 2.99. The standard InChI is InChI=1S/C18H20ClFN2O4/c1-24-9-13-4-2-3-7-22(13)18(23)15-10-26-17(21-15)11-25-16-6-5-12(20)8-14(16)19/h5-6,8,10,13H,2-4,7,9,11H2,1H3/t13-/m0/s1. The Kier molecular flexibility index (Phi) is 6.11. The molecule has 0 spiro atoms. The normalized spacial score (nSPS) is 17.3. The number of methoxy groups -OCH3 is 1. The van der Waals surface area contributed by atoms with Crippen LogP contribution in [-0.4, -0.2) is 42.1 Å². The summed E-state index contributed by atoms with van der Waals surface area (Å²) in [6, 6.07) is 3.89. The van der Waals surface area contributed by atoms with Crippen LogP contribution in [0.4, 0.5) is 4.39 Å². The van der Waals surface area contributed by atoms with Crippen molar-refractivity contribution in [3.63, 3.8) is 0 Å². The molecule has 1 aromatic heterocycles. The Hall–Kier alpha value is -2.12. The van der Waals surface area contributed by atoms with E-state index in [-0.39, 0.29) is 35.2 Å². The maximum Gasteiger partial charge on any atom is 0.276 e. The van der Waals surface area contributed by atoms with Crippen LogP contribution in [0.5, 0.6) is 5.75 Å². The van der Waals surface area contributed by atoms with Gasteiger partial charge in [0.25, 0.3) is 5.91 Å². The van der Waals surface area contributed by atoms with E-state index in [1.165, 1.54) is 18.4 Å². The third-order valence-corrected chi connectivity index (χ3v) is 4.56. The van der Waals surface area contributed by atoms with Gasteiger partial charge >= 0.3 is 0 Å². The van der Waals surface area contributed by atoms with E-state index in [4.69, 9.17) is 25.5 Å². The summed E-state index contributed by atoms with van der Waals surface area (Å²) < 4.78 is 29.1. The van der Waals surface area contributed by atoms with Crippen molar-refractivity contribution < 1.29 is 23.1 Å². The van der Waals surface area contributed by atoms with Crippen molar-refractivity contribution in [1.82, 2.24) is 9.88 Å². The molecule has 6 nitrogen and oxygen atoms in total. The second kappa shape index (κ2) is 8.51. The van der Waals surface area contributed by atoms with Gasteiger partial charge in [-0.15, -0.1) is 0 Å². The van der Waals surface area contributed by atoms with Crippen molar-refractivity contribution >= 4 is 17.5 Å². The highest BCUT2D eigenvalue weighted by atomic mass is 35.5. The molecule has 1 fully saturated rings. The van der Waals surface area contributed by atoms with E-state index in [1.54, 1.807) is 12.0 Å². The van der Waals surface area contributed by atoms with Crippen LogP contribution in [0.2, 0.25) is 5.02 Å². The van der Waals surface area contributed by atoms with Gasteiger partial charge in [-0.1, -0.05) is 11.6 Å².